The number of nitrogens with one attached hydrogen (secondary N) is 1. The van der Waals surface area contributed by atoms with Gasteiger partial charge in [-0.05, 0) is 57.3 Å². The van der Waals surface area contributed by atoms with E-state index < -0.39 is 0 Å². The van der Waals surface area contributed by atoms with E-state index in [9.17, 15) is 5.11 Å². The third kappa shape index (κ3) is 3.63. The smallest absolute Gasteiger partial charge is 0.161 e. The molecule has 1 saturated heterocycles. The van der Waals surface area contributed by atoms with Crippen molar-refractivity contribution >= 4 is 0 Å². The fourth-order valence-corrected chi connectivity index (χ4v) is 2.41. The lowest BCUT2D eigenvalue weighted by Gasteiger charge is -2.25. The van der Waals surface area contributed by atoms with Gasteiger partial charge in [-0.15, -0.1) is 0 Å². The zero-order chi connectivity index (χ0) is 12.1. The molecule has 0 aliphatic carbocycles. The maximum atomic E-state index is 9.63. The van der Waals surface area contributed by atoms with Crippen molar-refractivity contribution in [2.45, 2.75) is 32.3 Å². The van der Waals surface area contributed by atoms with Gasteiger partial charge in [0.15, 0.2) is 11.5 Å². The average Bonchev–Trinajstić information content (AvgIpc) is 2.33. The standard InChI is InChI=1S/C14H21NO2/c1-11(10-12-6-8-15-9-7-12)17-14-5-3-2-4-13(14)16/h2-5,11-12,15-16H,6-10H2,1H3. The van der Waals surface area contributed by atoms with Gasteiger partial charge < -0.3 is 15.2 Å². The van der Waals surface area contributed by atoms with Crippen molar-refractivity contribution in [2.75, 3.05) is 13.1 Å². The van der Waals surface area contributed by atoms with Crippen molar-refractivity contribution in [3.8, 4) is 11.5 Å². The van der Waals surface area contributed by atoms with E-state index in [1.54, 1.807) is 12.1 Å². The SMILES string of the molecule is CC(CC1CCNCC1)Oc1ccccc1O. The highest BCUT2D eigenvalue weighted by Gasteiger charge is 2.17. The highest BCUT2D eigenvalue weighted by Crippen LogP contribution is 2.27. The molecule has 1 heterocycles. The number of ether oxygens (including phenoxy) is 1. The maximum absolute atomic E-state index is 9.63. The van der Waals surface area contributed by atoms with E-state index in [2.05, 4.69) is 12.2 Å². The van der Waals surface area contributed by atoms with Crippen LogP contribution in [0.15, 0.2) is 24.3 Å². The predicted molar refractivity (Wildman–Crippen MR) is 68.4 cm³/mol. The summed E-state index contributed by atoms with van der Waals surface area (Å²) in [7, 11) is 0. The van der Waals surface area contributed by atoms with Gasteiger partial charge in [0.05, 0.1) is 6.10 Å². The molecule has 94 valence electrons. The number of hydrogen-bond acceptors (Lipinski definition) is 3. The molecule has 1 atom stereocenters. The molecule has 0 saturated carbocycles. The Morgan fingerprint density at radius 3 is 2.76 bits per heavy atom. The minimum absolute atomic E-state index is 0.159. The molecule has 2 N–H and O–H groups in total. The molecule has 1 aliphatic heterocycles. The first kappa shape index (κ1) is 12.2. The van der Waals surface area contributed by atoms with E-state index in [1.165, 1.54) is 12.8 Å². The summed E-state index contributed by atoms with van der Waals surface area (Å²) in [4.78, 5) is 0. The highest BCUT2D eigenvalue weighted by molar-refractivity contribution is 5.38. The van der Waals surface area contributed by atoms with Crippen LogP contribution >= 0.6 is 0 Å². The van der Waals surface area contributed by atoms with Crippen molar-refractivity contribution < 1.29 is 9.84 Å². The molecule has 1 aromatic carbocycles. The summed E-state index contributed by atoms with van der Waals surface area (Å²) in [6.45, 7) is 4.32. The summed E-state index contributed by atoms with van der Waals surface area (Å²) >= 11 is 0. The van der Waals surface area contributed by atoms with Gasteiger partial charge in [0.2, 0.25) is 0 Å². The number of aromatic hydroxyl groups is 1. The zero-order valence-electron chi connectivity index (χ0n) is 10.4. The second kappa shape index (κ2) is 5.92. The largest absolute Gasteiger partial charge is 0.504 e. The first-order valence-corrected chi connectivity index (χ1v) is 6.41. The van der Waals surface area contributed by atoms with E-state index in [4.69, 9.17) is 4.74 Å². The van der Waals surface area contributed by atoms with E-state index in [0.29, 0.717) is 5.75 Å². The van der Waals surface area contributed by atoms with E-state index in [0.717, 1.165) is 25.4 Å². The summed E-state index contributed by atoms with van der Waals surface area (Å²) in [5, 5.41) is 13.0. The van der Waals surface area contributed by atoms with Crippen molar-refractivity contribution in [2.24, 2.45) is 5.92 Å². The lowest BCUT2D eigenvalue weighted by molar-refractivity contribution is 0.166. The Hall–Kier alpha value is -1.22. The second-order valence-electron chi connectivity index (χ2n) is 4.83. The molecule has 1 aromatic rings. The number of phenolic OH excluding ortho intramolecular Hbond substituents is 1. The van der Waals surface area contributed by atoms with Crippen LogP contribution in [-0.4, -0.2) is 24.3 Å². The summed E-state index contributed by atoms with van der Waals surface area (Å²) in [6, 6.07) is 7.16. The third-order valence-electron chi connectivity index (χ3n) is 3.32. The molecule has 0 bridgehead atoms. The maximum Gasteiger partial charge on any atom is 0.161 e. The van der Waals surface area contributed by atoms with E-state index in [1.807, 2.05) is 12.1 Å². The van der Waals surface area contributed by atoms with Crippen molar-refractivity contribution in [1.29, 1.82) is 0 Å². The minimum atomic E-state index is 0.159. The summed E-state index contributed by atoms with van der Waals surface area (Å²) in [5.41, 5.74) is 0. The van der Waals surface area contributed by atoms with Gasteiger partial charge in [-0.3, -0.25) is 0 Å². The molecule has 0 radical (unpaired) electrons. The van der Waals surface area contributed by atoms with Crippen LogP contribution in [0, 0.1) is 5.92 Å². The first-order valence-electron chi connectivity index (χ1n) is 6.41. The number of para-hydroxylation sites is 2. The molecule has 2 rings (SSSR count). The second-order valence-corrected chi connectivity index (χ2v) is 4.83. The van der Waals surface area contributed by atoms with Crippen LogP contribution in [0.25, 0.3) is 0 Å². The Kier molecular flexibility index (Phi) is 4.26. The van der Waals surface area contributed by atoms with E-state index >= 15 is 0 Å². The minimum Gasteiger partial charge on any atom is -0.504 e. The Morgan fingerprint density at radius 1 is 1.35 bits per heavy atom. The van der Waals surface area contributed by atoms with Crippen LogP contribution in [0.2, 0.25) is 0 Å². The van der Waals surface area contributed by atoms with Gasteiger partial charge in [0.1, 0.15) is 0 Å². The number of benzene rings is 1. The van der Waals surface area contributed by atoms with Gasteiger partial charge >= 0.3 is 0 Å². The summed E-state index contributed by atoms with van der Waals surface area (Å²) in [5.74, 6) is 1.57. The molecular weight excluding hydrogens is 214 g/mol. The van der Waals surface area contributed by atoms with Crippen LogP contribution in [0.1, 0.15) is 26.2 Å². The number of phenols is 1. The molecule has 1 aliphatic rings. The Morgan fingerprint density at radius 2 is 2.06 bits per heavy atom. The normalized spacial score (nSPS) is 18.9. The number of piperidine rings is 1. The van der Waals surface area contributed by atoms with Crippen molar-refractivity contribution in [1.82, 2.24) is 5.32 Å². The molecule has 0 spiro atoms. The zero-order valence-corrected chi connectivity index (χ0v) is 10.4. The van der Waals surface area contributed by atoms with Crippen molar-refractivity contribution in [3.63, 3.8) is 0 Å². The average molecular weight is 235 g/mol. The molecular formula is C14H21NO2. The number of rotatable bonds is 4. The summed E-state index contributed by atoms with van der Waals surface area (Å²) in [6.07, 6.45) is 3.69. The van der Waals surface area contributed by atoms with Crippen LogP contribution in [0.4, 0.5) is 0 Å². The molecule has 0 amide bonds. The summed E-state index contributed by atoms with van der Waals surface area (Å²) < 4.78 is 5.78. The fraction of sp³-hybridized carbons (Fsp3) is 0.571. The van der Waals surface area contributed by atoms with Gasteiger partial charge in [0, 0.05) is 0 Å². The number of hydrogen-bond donors (Lipinski definition) is 2. The molecule has 3 heteroatoms. The topological polar surface area (TPSA) is 41.5 Å². The van der Waals surface area contributed by atoms with E-state index in [-0.39, 0.29) is 11.9 Å². The van der Waals surface area contributed by atoms with Crippen LogP contribution in [0.5, 0.6) is 11.5 Å². The van der Waals surface area contributed by atoms with Crippen molar-refractivity contribution in [3.05, 3.63) is 24.3 Å². The first-order chi connectivity index (χ1) is 8.25. The Balaban J connectivity index is 1.84. The molecule has 0 aromatic heterocycles. The van der Waals surface area contributed by atoms with Gasteiger partial charge in [-0.25, -0.2) is 0 Å². The van der Waals surface area contributed by atoms with Crippen LogP contribution in [0.3, 0.4) is 0 Å². The van der Waals surface area contributed by atoms with Gasteiger partial charge in [-0.1, -0.05) is 12.1 Å². The molecule has 1 unspecified atom stereocenters. The van der Waals surface area contributed by atoms with Gasteiger partial charge in [-0.2, -0.15) is 0 Å². The lowest BCUT2D eigenvalue weighted by atomic mass is 9.92. The quantitative estimate of drug-likeness (QED) is 0.842. The van der Waals surface area contributed by atoms with Gasteiger partial charge in [0.25, 0.3) is 0 Å². The highest BCUT2D eigenvalue weighted by atomic mass is 16.5. The van der Waals surface area contributed by atoms with Crippen LogP contribution < -0.4 is 10.1 Å². The lowest BCUT2D eigenvalue weighted by Crippen LogP contribution is -2.30. The molecule has 3 nitrogen and oxygen atoms in total. The molecule has 17 heavy (non-hydrogen) atoms. The third-order valence-corrected chi connectivity index (χ3v) is 3.32. The monoisotopic (exact) mass is 235 g/mol. The Labute approximate surface area is 103 Å². The van der Waals surface area contributed by atoms with Crippen LogP contribution in [-0.2, 0) is 0 Å². The fourth-order valence-electron chi connectivity index (χ4n) is 2.41. The predicted octanol–water partition coefficient (Wildman–Crippen LogP) is 2.55. The molecule has 1 fully saturated rings. The Bertz CT molecular complexity index is 348.